The van der Waals surface area contributed by atoms with Crippen molar-refractivity contribution in [2.24, 2.45) is 5.41 Å². The van der Waals surface area contributed by atoms with Crippen LogP contribution in [0.2, 0.25) is 0 Å². The quantitative estimate of drug-likeness (QED) is 0.726. The number of urea groups is 1. The molecule has 4 atom stereocenters. The van der Waals surface area contributed by atoms with Crippen molar-refractivity contribution in [3.8, 4) is 0 Å². The molecule has 0 bridgehead atoms. The molecule has 1 saturated heterocycles. The first-order valence-corrected chi connectivity index (χ1v) is 7.35. The number of rotatable bonds is 3. The molecule has 1 aliphatic carbocycles. The molecule has 2 aliphatic rings. The smallest absolute Gasteiger partial charge is 0.315 e. The summed E-state index contributed by atoms with van der Waals surface area (Å²) in [5.41, 5.74) is -0.187. The van der Waals surface area contributed by atoms with E-state index in [4.69, 9.17) is 4.74 Å². The summed E-state index contributed by atoms with van der Waals surface area (Å²) < 4.78 is 5.42. The summed E-state index contributed by atoms with van der Waals surface area (Å²) in [6, 6.07) is -0.0505. The first-order chi connectivity index (χ1) is 9.01. The van der Waals surface area contributed by atoms with Crippen molar-refractivity contribution >= 4 is 6.03 Å². The standard InChI is InChI=1S/C14H26N2O3/c1-10-11(6-8-19-10)16-13(18)15-9-14(2)7-4-3-5-12(14)17/h10-12,17H,3-9H2,1-2H3,(H2,15,16,18). The van der Waals surface area contributed by atoms with E-state index in [0.29, 0.717) is 13.2 Å². The lowest BCUT2D eigenvalue weighted by atomic mass is 9.73. The van der Waals surface area contributed by atoms with Crippen LogP contribution in [0, 0.1) is 5.41 Å². The van der Waals surface area contributed by atoms with Crippen LogP contribution in [0.1, 0.15) is 46.0 Å². The van der Waals surface area contributed by atoms with Crippen LogP contribution in [0.3, 0.4) is 0 Å². The fourth-order valence-corrected chi connectivity index (χ4v) is 3.01. The topological polar surface area (TPSA) is 70.6 Å². The van der Waals surface area contributed by atoms with Gasteiger partial charge in [0.15, 0.2) is 0 Å². The molecule has 5 heteroatoms. The van der Waals surface area contributed by atoms with Gasteiger partial charge in [0.25, 0.3) is 0 Å². The Labute approximate surface area is 115 Å². The molecule has 19 heavy (non-hydrogen) atoms. The number of amides is 2. The summed E-state index contributed by atoms with van der Waals surface area (Å²) in [7, 11) is 0. The second-order valence-corrected chi connectivity index (χ2v) is 6.21. The number of nitrogens with one attached hydrogen (secondary N) is 2. The van der Waals surface area contributed by atoms with Crippen molar-refractivity contribution in [1.29, 1.82) is 0 Å². The van der Waals surface area contributed by atoms with E-state index >= 15 is 0 Å². The molecule has 110 valence electrons. The maximum Gasteiger partial charge on any atom is 0.315 e. The molecule has 1 aliphatic heterocycles. The van der Waals surface area contributed by atoms with E-state index in [0.717, 1.165) is 32.1 Å². The minimum atomic E-state index is -0.310. The first-order valence-electron chi connectivity index (χ1n) is 7.35. The second-order valence-electron chi connectivity index (χ2n) is 6.21. The second kappa shape index (κ2) is 6.09. The van der Waals surface area contributed by atoms with Gasteiger partial charge in [0.2, 0.25) is 0 Å². The third kappa shape index (κ3) is 3.60. The van der Waals surface area contributed by atoms with Gasteiger partial charge in [-0.05, 0) is 26.2 Å². The molecule has 0 aromatic heterocycles. The van der Waals surface area contributed by atoms with Crippen LogP contribution < -0.4 is 10.6 Å². The lowest BCUT2D eigenvalue weighted by molar-refractivity contribution is 0.00299. The molecule has 2 rings (SSSR count). The lowest BCUT2D eigenvalue weighted by Gasteiger charge is -2.38. The number of aliphatic hydroxyl groups is 1. The van der Waals surface area contributed by atoms with Gasteiger partial charge in [-0.2, -0.15) is 0 Å². The van der Waals surface area contributed by atoms with Crippen molar-refractivity contribution in [3.63, 3.8) is 0 Å². The van der Waals surface area contributed by atoms with Crippen LogP contribution in [0.5, 0.6) is 0 Å². The Hall–Kier alpha value is -0.810. The zero-order chi connectivity index (χ0) is 13.9. The molecule has 1 saturated carbocycles. The zero-order valence-corrected chi connectivity index (χ0v) is 11.9. The molecule has 0 spiro atoms. The monoisotopic (exact) mass is 270 g/mol. The van der Waals surface area contributed by atoms with Crippen LogP contribution in [0.25, 0.3) is 0 Å². The molecular weight excluding hydrogens is 244 g/mol. The molecule has 0 aromatic rings. The minimum Gasteiger partial charge on any atom is -0.392 e. The Morgan fingerprint density at radius 2 is 2.21 bits per heavy atom. The SMILES string of the molecule is CC1OCCC1NC(=O)NCC1(C)CCCCC1O. The molecule has 0 aromatic carbocycles. The molecule has 0 radical (unpaired) electrons. The van der Waals surface area contributed by atoms with Crippen molar-refractivity contribution in [2.45, 2.75) is 64.2 Å². The summed E-state index contributed by atoms with van der Waals surface area (Å²) in [4.78, 5) is 11.9. The van der Waals surface area contributed by atoms with Gasteiger partial charge in [-0.25, -0.2) is 4.79 Å². The fraction of sp³-hybridized carbons (Fsp3) is 0.929. The van der Waals surface area contributed by atoms with E-state index in [1.54, 1.807) is 0 Å². The molecule has 1 heterocycles. The van der Waals surface area contributed by atoms with Crippen LogP contribution in [-0.4, -0.2) is 42.5 Å². The number of ether oxygens (including phenoxy) is 1. The zero-order valence-electron chi connectivity index (χ0n) is 11.9. The van der Waals surface area contributed by atoms with E-state index in [9.17, 15) is 9.90 Å². The Kier molecular flexibility index (Phi) is 4.68. The highest BCUT2D eigenvalue weighted by Crippen LogP contribution is 2.35. The molecule has 5 nitrogen and oxygen atoms in total. The molecular formula is C14H26N2O3. The number of carbonyl (C=O) groups is 1. The van der Waals surface area contributed by atoms with Gasteiger partial charge in [-0.3, -0.25) is 0 Å². The Morgan fingerprint density at radius 1 is 1.42 bits per heavy atom. The van der Waals surface area contributed by atoms with Crippen molar-refractivity contribution < 1.29 is 14.6 Å². The van der Waals surface area contributed by atoms with Gasteiger partial charge in [0.1, 0.15) is 0 Å². The first kappa shape index (κ1) is 14.6. The van der Waals surface area contributed by atoms with Gasteiger partial charge >= 0.3 is 6.03 Å². The van der Waals surface area contributed by atoms with E-state index < -0.39 is 0 Å². The average Bonchev–Trinajstić information content (AvgIpc) is 2.77. The van der Waals surface area contributed by atoms with E-state index in [1.165, 1.54) is 0 Å². The third-order valence-electron chi connectivity index (χ3n) is 4.63. The average molecular weight is 270 g/mol. The summed E-state index contributed by atoms with van der Waals surface area (Å²) in [6.45, 7) is 5.27. The summed E-state index contributed by atoms with van der Waals surface area (Å²) in [5.74, 6) is 0. The summed E-state index contributed by atoms with van der Waals surface area (Å²) >= 11 is 0. The van der Waals surface area contributed by atoms with E-state index in [1.807, 2.05) is 6.92 Å². The molecule has 2 fully saturated rings. The van der Waals surface area contributed by atoms with Crippen molar-refractivity contribution in [3.05, 3.63) is 0 Å². The van der Waals surface area contributed by atoms with Crippen LogP contribution in [-0.2, 0) is 4.74 Å². The maximum atomic E-state index is 11.9. The third-order valence-corrected chi connectivity index (χ3v) is 4.63. The van der Waals surface area contributed by atoms with Crippen LogP contribution in [0.4, 0.5) is 4.79 Å². The Balaban J connectivity index is 1.76. The van der Waals surface area contributed by atoms with Crippen LogP contribution >= 0.6 is 0 Å². The molecule has 4 unspecified atom stereocenters. The lowest BCUT2D eigenvalue weighted by Crippen LogP contribution is -2.50. The Morgan fingerprint density at radius 3 is 2.84 bits per heavy atom. The van der Waals surface area contributed by atoms with E-state index in [-0.39, 0.29) is 29.7 Å². The van der Waals surface area contributed by atoms with Gasteiger partial charge in [0.05, 0.1) is 18.2 Å². The predicted molar refractivity (Wildman–Crippen MR) is 72.9 cm³/mol. The maximum absolute atomic E-state index is 11.9. The van der Waals surface area contributed by atoms with Gasteiger partial charge in [-0.1, -0.05) is 19.8 Å². The molecule has 3 N–H and O–H groups in total. The highest BCUT2D eigenvalue weighted by Gasteiger charge is 2.35. The number of hydrogen-bond donors (Lipinski definition) is 3. The van der Waals surface area contributed by atoms with E-state index in [2.05, 4.69) is 17.6 Å². The largest absolute Gasteiger partial charge is 0.392 e. The highest BCUT2D eigenvalue weighted by atomic mass is 16.5. The number of carbonyl (C=O) groups excluding carboxylic acids is 1. The fourth-order valence-electron chi connectivity index (χ4n) is 3.01. The molecule has 2 amide bonds. The normalized spacial score (nSPS) is 39.0. The van der Waals surface area contributed by atoms with Crippen molar-refractivity contribution in [2.75, 3.05) is 13.2 Å². The summed E-state index contributed by atoms with van der Waals surface area (Å²) in [5, 5.41) is 15.9. The van der Waals surface area contributed by atoms with Gasteiger partial charge in [0, 0.05) is 18.6 Å². The number of aliphatic hydroxyl groups excluding tert-OH is 1. The predicted octanol–water partition coefficient (Wildman–Crippen LogP) is 1.40. The summed E-state index contributed by atoms with van der Waals surface area (Å²) in [6.07, 6.45) is 4.67. The van der Waals surface area contributed by atoms with Crippen molar-refractivity contribution in [1.82, 2.24) is 10.6 Å². The number of hydrogen-bond acceptors (Lipinski definition) is 3. The highest BCUT2D eigenvalue weighted by molar-refractivity contribution is 5.74. The Bertz CT molecular complexity index is 324. The van der Waals surface area contributed by atoms with Gasteiger partial charge < -0.3 is 20.5 Å². The van der Waals surface area contributed by atoms with Crippen LogP contribution in [0.15, 0.2) is 0 Å². The van der Waals surface area contributed by atoms with Gasteiger partial charge in [-0.15, -0.1) is 0 Å². The minimum absolute atomic E-state index is 0.0848.